The molecule has 112 valence electrons. The molecule has 4 nitrogen and oxygen atoms in total. The first-order chi connectivity index (χ1) is 9.58. The number of nitrogen functional groups attached to an aromatic ring is 1. The summed E-state index contributed by atoms with van der Waals surface area (Å²) >= 11 is 0. The number of benzene rings is 2. The molecule has 0 aliphatic heterocycles. The Morgan fingerprint density at radius 2 is 1.86 bits per heavy atom. The van der Waals surface area contributed by atoms with Crippen molar-refractivity contribution in [3.05, 3.63) is 59.7 Å². The number of para-hydroxylation sites is 1. The molecule has 0 aliphatic carbocycles. The highest BCUT2D eigenvalue weighted by Crippen LogP contribution is 2.20. The summed E-state index contributed by atoms with van der Waals surface area (Å²) in [6, 6.07) is 15.5. The van der Waals surface area contributed by atoms with Gasteiger partial charge in [-0.05, 0) is 29.8 Å². The number of nitrogens with one attached hydrogen (secondary N) is 1. The minimum Gasteiger partial charge on any atom is -0.488 e. The van der Waals surface area contributed by atoms with Crippen molar-refractivity contribution < 1.29 is 4.74 Å². The molecule has 0 aliphatic rings. The average Bonchev–Trinajstić information content (AvgIpc) is 2.45. The molecule has 0 radical (unpaired) electrons. The molecule has 0 unspecified atom stereocenters. The van der Waals surface area contributed by atoms with E-state index in [9.17, 15) is 0 Å². The van der Waals surface area contributed by atoms with E-state index in [1.54, 1.807) is 6.07 Å². The predicted molar refractivity (Wildman–Crippen MR) is 89.8 cm³/mol. The van der Waals surface area contributed by atoms with Gasteiger partial charge < -0.3 is 15.4 Å². The lowest BCUT2D eigenvalue weighted by molar-refractivity contribution is 0.305. The van der Waals surface area contributed by atoms with Crippen LogP contribution in [0.3, 0.4) is 0 Å². The first-order valence-electron chi connectivity index (χ1n) is 6.40. The molecular formula is C16H20ClN3O. The molecule has 21 heavy (non-hydrogen) atoms. The minimum atomic E-state index is 0. The number of hydrogen-bond donors (Lipinski definition) is 2. The summed E-state index contributed by atoms with van der Waals surface area (Å²) in [5.41, 5.74) is 8.37. The van der Waals surface area contributed by atoms with Gasteiger partial charge in [-0.2, -0.15) is 0 Å². The molecule has 2 rings (SSSR count). The maximum atomic E-state index is 7.54. The van der Waals surface area contributed by atoms with E-state index in [4.69, 9.17) is 15.9 Å². The van der Waals surface area contributed by atoms with Gasteiger partial charge in [-0.15, -0.1) is 12.4 Å². The molecule has 0 aromatic heterocycles. The van der Waals surface area contributed by atoms with Crippen LogP contribution >= 0.6 is 12.4 Å². The lowest BCUT2D eigenvalue weighted by Crippen LogP contribution is -2.13. The topological polar surface area (TPSA) is 62.3 Å². The van der Waals surface area contributed by atoms with Crippen molar-refractivity contribution in [2.24, 2.45) is 5.73 Å². The van der Waals surface area contributed by atoms with Gasteiger partial charge in [-0.1, -0.05) is 24.3 Å². The van der Waals surface area contributed by atoms with Gasteiger partial charge in [0.2, 0.25) is 0 Å². The molecule has 0 saturated heterocycles. The number of rotatable bonds is 5. The van der Waals surface area contributed by atoms with Crippen molar-refractivity contribution in [2.75, 3.05) is 19.0 Å². The fraction of sp³-hybridized carbons (Fsp3) is 0.188. The van der Waals surface area contributed by atoms with Crippen LogP contribution in [0.25, 0.3) is 0 Å². The lowest BCUT2D eigenvalue weighted by Gasteiger charge is -2.14. The zero-order valence-electron chi connectivity index (χ0n) is 12.2. The fourth-order valence-electron chi connectivity index (χ4n) is 1.90. The first-order valence-corrected chi connectivity index (χ1v) is 6.40. The van der Waals surface area contributed by atoms with E-state index < -0.39 is 0 Å². The van der Waals surface area contributed by atoms with E-state index >= 15 is 0 Å². The molecular weight excluding hydrogens is 286 g/mol. The normalized spacial score (nSPS) is 9.62. The van der Waals surface area contributed by atoms with Crippen LogP contribution < -0.4 is 15.4 Å². The van der Waals surface area contributed by atoms with Crippen LogP contribution in [0.4, 0.5) is 5.69 Å². The van der Waals surface area contributed by atoms with Gasteiger partial charge in [0, 0.05) is 19.8 Å². The van der Waals surface area contributed by atoms with E-state index in [2.05, 4.69) is 6.07 Å². The van der Waals surface area contributed by atoms with Crippen LogP contribution in [0.2, 0.25) is 0 Å². The highest BCUT2D eigenvalue weighted by Gasteiger charge is 2.06. The maximum absolute atomic E-state index is 7.54. The summed E-state index contributed by atoms with van der Waals surface area (Å²) in [5.74, 6) is 0.651. The number of nitrogens with zero attached hydrogens (tertiary/aromatic N) is 1. The first kappa shape index (κ1) is 16.9. The Balaban J connectivity index is 0.00000220. The Kier molecular flexibility index (Phi) is 6.06. The largest absolute Gasteiger partial charge is 0.488 e. The Hall–Kier alpha value is -2.20. The number of halogens is 1. The van der Waals surface area contributed by atoms with Gasteiger partial charge in [-0.25, -0.2) is 0 Å². The number of hydrogen-bond acceptors (Lipinski definition) is 3. The van der Waals surface area contributed by atoms with Crippen molar-refractivity contribution in [1.29, 1.82) is 5.41 Å². The molecule has 0 amide bonds. The van der Waals surface area contributed by atoms with Crippen LogP contribution in [0.1, 0.15) is 11.1 Å². The van der Waals surface area contributed by atoms with Crippen molar-refractivity contribution in [2.45, 2.75) is 6.61 Å². The highest BCUT2D eigenvalue weighted by molar-refractivity contribution is 5.97. The van der Waals surface area contributed by atoms with E-state index in [1.165, 1.54) is 0 Å². The lowest BCUT2D eigenvalue weighted by atomic mass is 10.2. The number of nitrogens with two attached hydrogens (primary N) is 1. The second kappa shape index (κ2) is 7.55. The van der Waals surface area contributed by atoms with Gasteiger partial charge in [-0.3, -0.25) is 5.41 Å². The van der Waals surface area contributed by atoms with Crippen LogP contribution in [0, 0.1) is 5.41 Å². The smallest absolute Gasteiger partial charge is 0.130 e. The summed E-state index contributed by atoms with van der Waals surface area (Å²) in [7, 11) is 4.01. The van der Waals surface area contributed by atoms with Gasteiger partial charge in [0.25, 0.3) is 0 Å². The van der Waals surface area contributed by atoms with E-state index in [0.29, 0.717) is 17.9 Å². The van der Waals surface area contributed by atoms with Crippen molar-refractivity contribution in [3.63, 3.8) is 0 Å². The number of amidine groups is 1. The zero-order chi connectivity index (χ0) is 14.5. The summed E-state index contributed by atoms with van der Waals surface area (Å²) < 4.78 is 5.78. The minimum absolute atomic E-state index is 0. The molecule has 2 aromatic rings. The van der Waals surface area contributed by atoms with Crippen LogP contribution in [0.15, 0.2) is 48.5 Å². The van der Waals surface area contributed by atoms with Gasteiger partial charge in [0.05, 0.1) is 5.56 Å². The van der Waals surface area contributed by atoms with Crippen LogP contribution in [-0.2, 0) is 6.61 Å². The predicted octanol–water partition coefficient (Wildman–Crippen LogP) is 3.04. The fourth-order valence-corrected chi connectivity index (χ4v) is 1.90. The maximum Gasteiger partial charge on any atom is 0.130 e. The molecule has 0 heterocycles. The molecule has 5 heteroatoms. The van der Waals surface area contributed by atoms with Gasteiger partial charge >= 0.3 is 0 Å². The summed E-state index contributed by atoms with van der Waals surface area (Å²) in [5, 5.41) is 7.54. The Bertz CT molecular complexity index is 614. The molecule has 0 fully saturated rings. The van der Waals surface area contributed by atoms with Crippen molar-refractivity contribution >= 4 is 23.9 Å². The van der Waals surface area contributed by atoms with Crippen LogP contribution in [-0.4, -0.2) is 19.9 Å². The monoisotopic (exact) mass is 305 g/mol. The second-order valence-electron chi connectivity index (χ2n) is 4.76. The summed E-state index contributed by atoms with van der Waals surface area (Å²) in [6.45, 7) is 0.450. The van der Waals surface area contributed by atoms with E-state index in [0.717, 1.165) is 11.3 Å². The Morgan fingerprint density at radius 3 is 2.52 bits per heavy atom. The number of anilines is 1. The Morgan fingerprint density at radius 1 is 1.14 bits per heavy atom. The van der Waals surface area contributed by atoms with Crippen molar-refractivity contribution in [1.82, 2.24) is 0 Å². The quantitative estimate of drug-likeness (QED) is 0.659. The van der Waals surface area contributed by atoms with E-state index in [1.807, 2.05) is 55.4 Å². The molecule has 0 spiro atoms. The van der Waals surface area contributed by atoms with Gasteiger partial charge in [0.1, 0.15) is 18.2 Å². The SMILES string of the molecule is CN(C)c1cccc(COc2ccccc2C(=N)N)c1.Cl. The summed E-state index contributed by atoms with van der Waals surface area (Å²) in [6.07, 6.45) is 0. The average molecular weight is 306 g/mol. The molecule has 0 atom stereocenters. The second-order valence-corrected chi connectivity index (χ2v) is 4.76. The van der Waals surface area contributed by atoms with Crippen LogP contribution in [0.5, 0.6) is 5.75 Å². The third-order valence-electron chi connectivity index (χ3n) is 3.00. The molecule has 3 N–H and O–H groups in total. The molecule has 2 aromatic carbocycles. The van der Waals surface area contributed by atoms with E-state index in [-0.39, 0.29) is 18.2 Å². The third-order valence-corrected chi connectivity index (χ3v) is 3.00. The number of ether oxygens (including phenoxy) is 1. The van der Waals surface area contributed by atoms with Gasteiger partial charge in [0.15, 0.2) is 0 Å². The van der Waals surface area contributed by atoms with Crippen molar-refractivity contribution in [3.8, 4) is 5.75 Å². The third kappa shape index (κ3) is 4.39. The Labute approximate surface area is 131 Å². The molecule has 0 bridgehead atoms. The standard InChI is InChI=1S/C16H19N3O.ClH/c1-19(2)13-7-5-6-12(10-13)11-20-15-9-4-3-8-14(15)16(17)18;/h3-10H,11H2,1-2H3,(H3,17,18);1H. The summed E-state index contributed by atoms with van der Waals surface area (Å²) in [4.78, 5) is 2.05. The zero-order valence-corrected chi connectivity index (χ0v) is 13.0. The highest BCUT2D eigenvalue weighted by atomic mass is 35.5. The molecule has 0 saturated carbocycles.